The molecule has 0 spiro atoms. The Labute approximate surface area is 95.2 Å². The zero-order valence-electron chi connectivity index (χ0n) is 9.95. The van der Waals surface area contributed by atoms with Gasteiger partial charge in [0.25, 0.3) is 0 Å². The predicted molar refractivity (Wildman–Crippen MR) is 57.9 cm³/mol. The summed E-state index contributed by atoms with van der Waals surface area (Å²) in [6, 6.07) is -0.407. The summed E-state index contributed by atoms with van der Waals surface area (Å²) in [6.07, 6.45) is 0.712. The summed E-state index contributed by atoms with van der Waals surface area (Å²) < 4.78 is 5.08. The maximum absolute atomic E-state index is 11.9. The van der Waals surface area contributed by atoms with Gasteiger partial charge in [-0.15, -0.1) is 0 Å². The molecular formula is C11H19NO4. The molecule has 1 fully saturated rings. The van der Waals surface area contributed by atoms with Crippen LogP contribution in [-0.4, -0.2) is 36.2 Å². The Hall–Kier alpha value is -1.10. The standard InChI is InChI=1S/C11H19NO4/c1-4-11(2,3)10(15)12-8-6-16-5-7(8)9(13)14/h7-8H,4-6H2,1-3H3,(H,12,15)(H,13,14). The number of aliphatic carboxylic acids is 1. The molecule has 5 heteroatoms. The number of nitrogens with one attached hydrogen (secondary N) is 1. The maximum atomic E-state index is 11.9. The first-order chi connectivity index (χ1) is 7.38. The SMILES string of the molecule is CCC(C)(C)C(=O)NC1COCC1C(=O)O. The van der Waals surface area contributed by atoms with Crippen molar-refractivity contribution in [1.82, 2.24) is 5.32 Å². The second-order valence-electron chi connectivity index (χ2n) is 4.80. The van der Waals surface area contributed by atoms with E-state index in [2.05, 4.69) is 5.32 Å². The lowest BCUT2D eigenvalue weighted by molar-refractivity contribution is -0.142. The number of carboxylic acid groups (broad SMARTS) is 1. The molecule has 2 atom stereocenters. The molecule has 0 saturated carbocycles. The molecule has 92 valence electrons. The minimum atomic E-state index is -0.919. The van der Waals surface area contributed by atoms with Gasteiger partial charge in [0, 0.05) is 5.41 Å². The molecule has 16 heavy (non-hydrogen) atoms. The van der Waals surface area contributed by atoms with Crippen LogP contribution in [0.15, 0.2) is 0 Å². The molecule has 0 aliphatic carbocycles. The quantitative estimate of drug-likeness (QED) is 0.741. The molecule has 5 nitrogen and oxygen atoms in total. The van der Waals surface area contributed by atoms with Gasteiger partial charge in [0.1, 0.15) is 5.92 Å². The van der Waals surface area contributed by atoms with Crippen molar-refractivity contribution >= 4 is 11.9 Å². The van der Waals surface area contributed by atoms with Crippen LogP contribution >= 0.6 is 0 Å². The average molecular weight is 229 g/mol. The van der Waals surface area contributed by atoms with E-state index in [1.807, 2.05) is 20.8 Å². The van der Waals surface area contributed by atoms with Crippen LogP contribution in [0.25, 0.3) is 0 Å². The summed E-state index contributed by atoms with van der Waals surface area (Å²) >= 11 is 0. The lowest BCUT2D eigenvalue weighted by atomic mass is 9.88. The first-order valence-electron chi connectivity index (χ1n) is 5.50. The molecule has 1 aliphatic heterocycles. The topological polar surface area (TPSA) is 75.6 Å². The van der Waals surface area contributed by atoms with Crippen molar-refractivity contribution in [3.63, 3.8) is 0 Å². The first-order valence-corrected chi connectivity index (χ1v) is 5.50. The monoisotopic (exact) mass is 229 g/mol. The Balaban J connectivity index is 2.60. The zero-order chi connectivity index (χ0) is 12.3. The highest BCUT2D eigenvalue weighted by atomic mass is 16.5. The van der Waals surface area contributed by atoms with Gasteiger partial charge in [0.15, 0.2) is 0 Å². The Morgan fingerprint density at radius 3 is 2.56 bits per heavy atom. The van der Waals surface area contributed by atoms with Gasteiger partial charge in [-0.3, -0.25) is 9.59 Å². The van der Waals surface area contributed by atoms with Crippen molar-refractivity contribution < 1.29 is 19.4 Å². The normalized spacial score (nSPS) is 25.4. The van der Waals surface area contributed by atoms with E-state index in [0.717, 1.165) is 0 Å². The van der Waals surface area contributed by atoms with Crippen molar-refractivity contribution in [3.8, 4) is 0 Å². The number of amides is 1. The Kier molecular flexibility index (Phi) is 3.91. The minimum absolute atomic E-state index is 0.114. The summed E-state index contributed by atoms with van der Waals surface area (Å²) in [4.78, 5) is 22.7. The molecular weight excluding hydrogens is 210 g/mol. The molecule has 1 saturated heterocycles. The fourth-order valence-electron chi connectivity index (χ4n) is 1.46. The van der Waals surface area contributed by atoms with E-state index < -0.39 is 23.3 Å². The lowest BCUT2D eigenvalue weighted by Gasteiger charge is -2.25. The van der Waals surface area contributed by atoms with Crippen molar-refractivity contribution in [2.45, 2.75) is 33.2 Å². The smallest absolute Gasteiger partial charge is 0.311 e. The number of hydrogen-bond acceptors (Lipinski definition) is 3. The van der Waals surface area contributed by atoms with Crippen LogP contribution in [-0.2, 0) is 14.3 Å². The molecule has 1 rings (SSSR count). The van der Waals surface area contributed by atoms with Gasteiger partial charge in [-0.05, 0) is 6.42 Å². The van der Waals surface area contributed by atoms with Crippen molar-refractivity contribution in [2.75, 3.05) is 13.2 Å². The van der Waals surface area contributed by atoms with Gasteiger partial charge in [-0.25, -0.2) is 0 Å². The van der Waals surface area contributed by atoms with E-state index in [-0.39, 0.29) is 19.1 Å². The van der Waals surface area contributed by atoms with Gasteiger partial charge in [0.05, 0.1) is 19.3 Å². The van der Waals surface area contributed by atoms with Crippen LogP contribution in [0, 0.1) is 11.3 Å². The third-order valence-electron chi connectivity index (χ3n) is 3.21. The van der Waals surface area contributed by atoms with E-state index in [1.165, 1.54) is 0 Å². The molecule has 0 radical (unpaired) electrons. The molecule has 0 aromatic heterocycles. The van der Waals surface area contributed by atoms with Gasteiger partial charge >= 0.3 is 5.97 Å². The number of carbonyl (C=O) groups excluding carboxylic acids is 1. The third-order valence-corrected chi connectivity index (χ3v) is 3.21. The molecule has 0 aromatic rings. The van der Waals surface area contributed by atoms with E-state index in [1.54, 1.807) is 0 Å². The van der Waals surface area contributed by atoms with Gasteiger partial charge < -0.3 is 15.2 Å². The minimum Gasteiger partial charge on any atom is -0.481 e. The summed E-state index contributed by atoms with van der Waals surface area (Å²) in [6.45, 7) is 6.07. The van der Waals surface area contributed by atoms with E-state index in [9.17, 15) is 9.59 Å². The van der Waals surface area contributed by atoms with Crippen LogP contribution in [0.3, 0.4) is 0 Å². The van der Waals surface area contributed by atoms with E-state index in [0.29, 0.717) is 6.42 Å². The van der Waals surface area contributed by atoms with Crippen LogP contribution in [0.1, 0.15) is 27.2 Å². The van der Waals surface area contributed by atoms with Crippen molar-refractivity contribution in [3.05, 3.63) is 0 Å². The molecule has 1 amide bonds. The Morgan fingerprint density at radius 1 is 1.44 bits per heavy atom. The molecule has 0 aromatic carbocycles. The average Bonchev–Trinajstić information content (AvgIpc) is 2.65. The summed E-state index contributed by atoms with van der Waals surface area (Å²) in [7, 11) is 0. The second-order valence-corrected chi connectivity index (χ2v) is 4.80. The summed E-state index contributed by atoms with van der Waals surface area (Å²) in [5.74, 6) is -1.66. The van der Waals surface area contributed by atoms with Crippen LogP contribution in [0.2, 0.25) is 0 Å². The highest BCUT2D eigenvalue weighted by molar-refractivity contribution is 5.83. The number of carbonyl (C=O) groups is 2. The lowest BCUT2D eigenvalue weighted by Crippen LogP contribution is -2.47. The number of carboxylic acids is 1. The Morgan fingerprint density at radius 2 is 2.06 bits per heavy atom. The van der Waals surface area contributed by atoms with Gasteiger partial charge in [-0.1, -0.05) is 20.8 Å². The van der Waals surface area contributed by atoms with E-state index in [4.69, 9.17) is 9.84 Å². The highest BCUT2D eigenvalue weighted by Gasteiger charge is 2.37. The van der Waals surface area contributed by atoms with Crippen LogP contribution < -0.4 is 5.32 Å². The zero-order valence-corrected chi connectivity index (χ0v) is 9.95. The largest absolute Gasteiger partial charge is 0.481 e. The van der Waals surface area contributed by atoms with Crippen molar-refractivity contribution in [2.24, 2.45) is 11.3 Å². The fourth-order valence-corrected chi connectivity index (χ4v) is 1.46. The third kappa shape index (κ3) is 2.72. The molecule has 0 bridgehead atoms. The number of ether oxygens (including phenoxy) is 1. The second kappa shape index (κ2) is 4.82. The molecule has 2 N–H and O–H groups in total. The Bertz CT molecular complexity index is 288. The molecule has 2 unspecified atom stereocenters. The van der Waals surface area contributed by atoms with Crippen LogP contribution in [0.4, 0.5) is 0 Å². The predicted octanol–water partition coefficient (Wildman–Crippen LogP) is 0.638. The first kappa shape index (κ1) is 13.0. The van der Waals surface area contributed by atoms with Crippen LogP contribution in [0.5, 0.6) is 0 Å². The van der Waals surface area contributed by atoms with Gasteiger partial charge in [-0.2, -0.15) is 0 Å². The van der Waals surface area contributed by atoms with Crippen molar-refractivity contribution in [1.29, 1.82) is 0 Å². The fraction of sp³-hybridized carbons (Fsp3) is 0.818. The summed E-state index contributed by atoms with van der Waals surface area (Å²) in [5.41, 5.74) is -0.467. The number of hydrogen-bond donors (Lipinski definition) is 2. The highest BCUT2D eigenvalue weighted by Crippen LogP contribution is 2.22. The molecule has 1 aliphatic rings. The maximum Gasteiger partial charge on any atom is 0.311 e. The number of rotatable bonds is 4. The van der Waals surface area contributed by atoms with Gasteiger partial charge in [0.2, 0.25) is 5.91 Å². The molecule has 1 heterocycles. The summed E-state index contributed by atoms with van der Waals surface area (Å²) in [5, 5.41) is 11.7. The van der Waals surface area contributed by atoms with E-state index >= 15 is 0 Å².